The van der Waals surface area contributed by atoms with Gasteiger partial charge in [-0.25, -0.2) is 4.39 Å². The van der Waals surface area contributed by atoms with Crippen LogP contribution in [0.15, 0.2) is 66.9 Å². The maximum Gasteiger partial charge on any atom is 0.255 e. The summed E-state index contributed by atoms with van der Waals surface area (Å²) in [5.41, 5.74) is 2.37. The fourth-order valence-electron chi connectivity index (χ4n) is 11.8. The van der Waals surface area contributed by atoms with E-state index in [1.807, 2.05) is 18.2 Å². The van der Waals surface area contributed by atoms with Gasteiger partial charge in [-0.1, -0.05) is 85.1 Å². The van der Waals surface area contributed by atoms with Crippen LogP contribution in [0.2, 0.25) is 10.0 Å². The molecule has 4 heterocycles. The topological polar surface area (TPSA) is 137 Å². The molecule has 2 aliphatic carbocycles. The average Bonchev–Trinajstić information content (AvgIpc) is 3.86. The smallest absolute Gasteiger partial charge is 0.255 e. The van der Waals surface area contributed by atoms with Crippen molar-refractivity contribution < 1.29 is 28.4 Å². The number of halogens is 3. The standard InChI is InChI=1S/C50H52Cl2FN5O5/c1-29-16-23-40(46(61)54-29)58-28-36-31(11-8-12-34(36)47(58)62)10-4-2-5-15-42(60)55-33-20-17-30(18-21-33)26-41(59)45-43(35-13-9-14-38(52)44(35)53)50(49(57-45)24-6-3-7-25-49)37-22-19-32(51)27-39(37)56-48(50)63/h8-9,11-14,19,22,27,30,33,40,43,45,57H,1-3,5-7,15-18,20-21,23-26,28H2,(H,54,61)(H,55,60)(H,56,63)/t30?,33?,40?,43-,45-,50+/m0/s1. The molecule has 3 aromatic rings. The minimum absolute atomic E-state index is 0.00355. The lowest BCUT2D eigenvalue weighted by atomic mass is 9.55. The Morgan fingerprint density at radius 2 is 1.73 bits per heavy atom. The third-order valence-corrected chi connectivity index (χ3v) is 15.2. The number of carbonyl (C=O) groups excluding carboxylic acids is 5. The second kappa shape index (κ2) is 17.5. The van der Waals surface area contributed by atoms with E-state index in [-0.39, 0.29) is 58.4 Å². The predicted molar refractivity (Wildman–Crippen MR) is 240 cm³/mol. The van der Waals surface area contributed by atoms with Crippen molar-refractivity contribution in [2.24, 2.45) is 5.92 Å². The molecule has 2 saturated heterocycles. The summed E-state index contributed by atoms with van der Waals surface area (Å²) in [6.45, 7) is 4.17. The van der Waals surface area contributed by atoms with Crippen LogP contribution in [0.5, 0.6) is 0 Å². The number of hydrogen-bond acceptors (Lipinski definition) is 6. The van der Waals surface area contributed by atoms with Crippen molar-refractivity contribution in [3.05, 3.63) is 111 Å². The molecule has 4 atom stereocenters. The van der Waals surface area contributed by atoms with E-state index in [0.29, 0.717) is 73.5 Å². The van der Waals surface area contributed by atoms with Crippen molar-refractivity contribution in [2.75, 3.05) is 5.32 Å². The van der Waals surface area contributed by atoms with Crippen molar-refractivity contribution >= 4 is 58.3 Å². The average molecular weight is 893 g/mol. The van der Waals surface area contributed by atoms with Crippen LogP contribution in [0, 0.1) is 23.6 Å². The van der Waals surface area contributed by atoms with Gasteiger partial charge in [0.05, 0.1) is 11.1 Å². The number of Topliss-reactive ketones (excluding diaryl/α,β-unsaturated/α-hetero) is 1. The number of benzene rings is 3. The van der Waals surface area contributed by atoms with Crippen LogP contribution in [0.1, 0.15) is 135 Å². The van der Waals surface area contributed by atoms with Gasteiger partial charge in [-0.05, 0) is 111 Å². The molecule has 328 valence electrons. The number of amides is 4. The molecule has 4 N–H and O–H groups in total. The summed E-state index contributed by atoms with van der Waals surface area (Å²) in [5.74, 6) is 4.31. The predicted octanol–water partition coefficient (Wildman–Crippen LogP) is 8.39. The summed E-state index contributed by atoms with van der Waals surface area (Å²) in [6, 6.07) is 14.3. The summed E-state index contributed by atoms with van der Waals surface area (Å²) < 4.78 is 16.3. The van der Waals surface area contributed by atoms with E-state index in [4.69, 9.17) is 23.2 Å². The fraction of sp³-hybridized carbons (Fsp3) is 0.460. The second-order valence-corrected chi connectivity index (χ2v) is 19.2. The monoisotopic (exact) mass is 891 g/mol. The number of nitrogens with one attached hydrogen (secondary N) is 4. The van der Waals surface area contributed by atoms with Crippen LogP contribution in [0.25, 0.3) is 0 Å². The molecular weight excluding hydrogens is 840 g/mol. The number of fused-ring (bicyclic) bond motifs is 4. The first kappa shape index (κ1) is 43.2. The van der Waals surface area contributed by atoms with E-state index in [1.165, 1.54) is 6.07 Å². The first-order valence-corrected chi connectivity index (χ1v) is 23.2. The number of ketones is 1. The van der Waals surface area contributed by atoms with Crippen molar-refractivity contribution in [3.63, 3.8) is 0 Å². The zero-order valence-electron chi connectivity index (χ0n) is 35.2. The summed E-state index contributed by atoms with van der Waals surface area (Å²) in [7, 11) is 0. The number of rotatable bonds is 9. The molecule has 10 nitrogen and oxygen atoms in total. The number of unbranched alkanes of at least 4 members (excludes halogenated alkanes) is 1. The first-order chi connectivity index (χ1) is 30.4. The Balaban J connectivity index is 0.814. The lowest BCUT2D eigenvalue weighted by Gasteiger charge is -2.47. The molecule has 4 amide bonds. The Kier molecular flexibility index (Phi) is 12.0. The van der Waals surface area contributed by atoms with Crippen molar-refractivity contribution in [3.8, 4) is 11.8 Å². The van der Waals surface area contributed by atoms with Gasteiger partial charge in [-0.3, -0.25) is 29.3 Å². The maximum absolute atomic E-state index is 16.3. The minimum atomic E-state index is -1.26. The van der Waals surface area contributed by atoms with Crippen molar-refractivity contribution in [2.45, 2.75) is 138 Å². The first-order valence-electron chi connectivity index (χ1n) is 22.5. The van der Waals surface area contributed by atoms with Crippen molar-refractivity contribution in [1.29, 1.82) is 0 Å². The van der Waals surface area contributed by atoms with Crippen molar-refractivity contribution in [1.82, 2.24) is 20.9 Å². The molecule has 6 aliphatic rings. The Morgan fingerprint density at radius 3 is 2.51 bits per heavy atom. The van der Waals surface area contributed by atoms with Crippen LogP contribution in [-0.2, 0) is 31.1 Å². The van der Waals surface area contributed by atoms with Gasteiger partial charge in [-0.15, -0.1) is 0 Å². The summed E-state index contributed by atoms with van der Waals surface area (Å²) >= 11 is 12.8. The van der Waals surface area contributed by atoms with Gasteiger partial charge in [0.15, 0.2) is 5.78 Å². The van der Waals surface area contributed by atoms with E-state index < -0.39 is 34.8 Å². The normalized spacial score (nSPS) is 27.1. The molecule has 1 unspecified atom stereocenters. The molecular formula is C50H52Cl2FN5O5. The van der Waals surface area contributed by atoms with Crippen LogP contribution in [-0.4, -0.2) is 58.0 Å². The number of allylic oxidation sites excluding steroid dienone is 1. The zero-order valence-corrected chi connectivity index (χ0v) is 36.7. The summed E-state index contributed by atoms with van der Waals surface area (Å²) in [5, 5.41) is 13.2. The van der Waals surface area contributed by atoms with E-state index >= 15 is 4.39 Å². The molecule has 0 aromatic heterocycles. The highest BCUT2D eigenvalue weighted by Gasteiger charge is 2.72. The molecule has 3 aromatic carbocycles. The van der Waals surface area contributed by atoms with E-state index in [2.05, 4.69) is 39.7 Å². The van der Waals surface area contributed by atoms with Gasteiger partial charge in [0.2, 0.25) is 17.7 Å². The molecule has 0 bridgehead atoms. The third kappa shape index (κ3) is 7.76. The highest BCUT2D eigenvalue weighted by Crippen LogP contribution is 2.63. The van der Waals surface area contributed by atoms with E-state index in [1.54, 1.807) is 35.2 Å². The quantitative estimate of drug-likeness (QED) is 0.126. The molecule has 2 saturated carbocycles. The van der Waals surface area contributed by atoms with Crippen LogP contribution in [0.4, 0.5) is 10.1 Å². The number of hydrogen-bond donors (Lipinski definition) is 4. The minimum Gasteiger partial charge on any atom is -0.353 e. The van der Waals surface area contributed by atoms with E-state index in [9.17, 15) is 24.0 Å². The molecule has 2 spiro atoms. The van der Waals surface area contributed by atoms with E-state index in [0.717, 1.165) is 61.6 Å². The Morgan fingerprint density at radius 1 is 0.952 bits per heavy atom. The van der Waals surface area contributed by atoms with Gasteiger partial charge in [0.1, 0.15) is 17.3 Å². The molecule has 4 aliphatic heterocycles. The fourth-order valence-corrected chi connectivity index (χ4v) is 12.1. The zero-order chi connectivity index (χ0) is 44.0. The number of nitrogens with zero attached hydrogens (tertiary/aromatic N) is 1. The Bertz CT molecular complexity index is 2470. The van der Waals surface area contributed by atoms with Gasteiger partial charge >= 0.3 is 0 Å². The highest BCUT2D eigenvalue weighted by molar-refractivity contribution is 6.31. The number of anilines is 1. The molecule has 0 radical (unpaired) electrons. The maximum atomic E-state index is 16.3. The number of carbonyl (C=O) groups is 5. The molecule has 63 heavy (non-hydrogen) atoms. The lowest BCUT2D eigenvalue weighted by Crippen LogP contribution is -2.60. The van der Waals surface area contributed by atoms with Crippen LogP contribution in [0.3, 0.4) is 0 Å². The number of piperidine rings is 1. The SMILES string of the molecule is C=C1CCC(N2Cc3c(C#CCCCC(=O)NC4CCC(CC(=O)[C@@H]5NC6(CCCCC6)[C@@]6(C(=O)Nc7cc(Cl)ccc76)[C@H]5c5cccc(Cl)c5F)CC4)cccc3C2=O)C(=O)N1. The summed E-state index contributed by atoms with van der Waals surface area (Å²) in [4.78, 5) is 69.9. The second-order valence-electron chi connectivity index (χ2n) is 18.4. The van der Waals surface area contributed by atoms with Gasteiger partial charge in [0.25, 0.3) is 5.91 Å². The summed E-state index contributed by atoms with van der Waals surface area (Å²) in [6.07, 6.45) is 9.95. The molecule has 9 rings (SSSR count). The Labute approximate surface area is 377 Å². The van der Waals surface area contributed by atoms with Crippen LogP contribution < -0.4 is 21.3 Å². The van der Waals surface area contributed by atoms with Gasteiger partial charge in [-0.2, -0.15) is 0 Å². The van der Waals surface area contributed by atoms with Crippen LogP contribution >= 0.6 is 23.2 Å². The third-order valence-electron chi connectivity index (χ3n) is 14.7. The van der Waals surface area contributed by atoms with Gasteiger partial charge < -0.3 is 20.9 Å². The Hall–Kier alpha value is -5.02. The molecule has 4 fully saturated rings. The lowest BCUT2D eigenvalue weighted by molar-refractivity contribution is -0.126. The molecule has 13 heteroatoms. The largest absolute Gasteiger partial charge is 0.353 e. The highest BCUT2D eigenvalue weighted by atomic mass is 35.5. The van der Waals surface area contributed by atoms with Gasteiger partial charge in [0, 0.05) is 70.8 Å².